The van der Waals surface area contributed by atoms with E-state index >= 15 is 0 Å². The minimum atomic E-state index is 0.0599. The highest BCUT2D eigenvalue weighted by Gasteiger charge is 2.31. The van der Waals surface area contributed by atoms with Crippen molar-refractivity contribution >= 4 is 11.7 Å². The number of benzene rings is 2. The van der Waals surface area contributed by atoms with E-state index in [0.717, 1.165) is 42.0 Å². The third kappa shape index (κ3) is 2.81. The minimum Gasteiger partial charge on any atom is -0.347 e. The fraction of sp³-hybridized carbons (Fsp3) is 0.273. The summed E-state index contributed by atoms with van der Waals surface area (Å²) >= 11 is 0. The van der Waals surface area contributed by atoms with E-state index in [2.05, 4.69) is 11.2 Å². The molecule has 4 heteroatoms. The molecule has 1 aliphatic carbocycles. The molecule has 1 atom stereocenters. The topological polar surface area (TPSA) is 46.3 Å². The lowest BCUT2D eigenvalue weighted by Gasteiger charge is -2.23. The van der Waals surface area contributed by atoms with Gasteiger partial charge in [-0.2, -0.15) is 0 Å². The van der Waals surface area contributed by atoms with Crippen LogP contribution in [0.5, 0.6) is 0 Å². The molecule has 1 aliphatic rings. The van der Waals surface area contributed by atoms with E-state index in [1.165, 1.54) is 5.56 Å². The molecule has 1 unspecified atom stereocenters. The summed E-state index contributed by atoms with van der Waals surface area (Å²) in [5, 5.41) is 4.38. The predicted octanol–water partition coefficient (Wildman–Crippen LogP) is 4.44. The number of rotatable bonds is 4. The van der Waals surface area contributed by atoms with Crippen LogP contribution in [0.2, 0.25) is 0 Å². The summed E-state index contributed by atoms with van der Waals surface area (Å²) < 4.78 is 5.61. The van der Waals surface area contributed by atoms with E-state index in [4.69, 9.17) is 4.52 Å². The lowest BCUT2D eigenvalue weighted by atomic mass is 9.80. The van der Waals surface area contributed by atoms with Gasteiger partial charge in [0.25, 0.3) is 0 Å². The van der Waals surface area contributed by atoms with Gasteiger partial charge in [-0.15, -0.1) is 0 Å². The van der Waals surface area contributed by atoms with Gasteiger partial charge in [-0.05, 0) is 24.8 Å². The zero-order valence-corrected chi connectivity index (χ0v) is 15.1. The van der Waals surface area contributed by atoms with Crippen molar-refractivity contribution in [2.45, 2.75) is 25.2 Å². The van der Waals surface area contributed by atoms with Crippen molar-refractivity contribution in [3.63, 3.8) is 0 Å². The Balaban J connectivity index is 1.78. The van der Waals surface area contributed by atoms with Crippen LogP contribution in [0.4, 0.5) is 5.88 Å². The maximum absolute atomic E-state index is 13.1. The SMILES string of the molecule is CN(C)c1onc2c1CCCC2c1ccccc1C(=O)c1ccccc1. The maximum atomic E-state index is 13.1. The largest absolute Gasteiger partial charge is 0.347 e. The maximum Gasteiger partial charge on any atom is 0.230 e. The number of aromatic nitrogens is 1. The highest BCUT2D eigenvalue weighted by molar-refractivity contribution is 6.10. The van der Waals surface area contributed by atoms with E-state index < -0.39 is 0 Å². The number of carbonyl (C=O) groups excluding carboxylic acids is 1. The summed E-state index contributed by atoms with van der Waals surface area (Å²) in [5.74, 6) is 0.987. The van der Waals surface area contributed by atoms with Crippen LogP contribution in [-0.4, -0.2) is 25.0 Å². The second kappa shape index (κ2) is 6.79. The zero-order chi connectivity index (χ0) is 18.1. The van der Waals surface area contributed by atoms with Gasteiger partial charge < -0.3 is 9.42 Å². The summed E-state index contributed by atoms with van der Waals surface area (Å²) in [5.41, 5.74) is 4.67. The smallest absolute Gasteiger partial charge is 0.230 e. The quantitative estimate of drug-likeness (QED) is 0.655. The van der Waals surface area contributed by atoms with Crippen molar-refractivity contribution in [1.29, 1.82) is 0 Å². The number of carbonyl (C=O) groups is 1. The number of hydrogen-bond donors (Lipinski definition) is 0. The molecule has 0 N–H and O–H groups in total. The van der Waals surface area contributed by atoms with Gasteiger partial charge in [-0.3, -0.25) is 4.79 Å². The number of ketones is 1. The average Bonchev–Trinajstić information content (AvgIpc) is 3.12. The normalized spacial score (nSPS) is 16.2. The fourth-order valence-corrected chi connectivity index (χ4v) is 3.85. The first-order chi connectivity index (χ1) is 12.7. The summed E-state index contributed by atoms with van der Waals surface area (Å²) in [6.45, 7) is 0. The molecule has 0 saturated carbocycles. The third-order valence-electron chi connectivity index (χ3n) is 5.07. The van der Waals surface area contributed by atoms with Crippen LogP contribution in [0.1, 0.15) is 51.5 Å². The Hall–Kier alpha value is -2.88. The van der Waals surface area contributed by atoms with Gasteiger partial charge in [0.1, 0.15) is 0 Å². The van der Waals surface area contributed by atoms with Gasteiger partial charge in [0.15, 0.2) is 5.78 Å². The van der Waals surface area contributed by atoms with Gasteiger partial charge in [0, 0.05) is 36.7 Å². The van der Waals surface area contributed by atoms with E-state index in [-0.39, 0.29) is 11.7 Å². The van der Waals surface area contributed by atoms with E-state index in [9.17, 15) is 4.79 Å². The Morgan fingerprint density at radius 3 is 2.58 bits per heavy atom. The molecule has 0 aliphatic heterocycles. The lowest BCUT2D eigenvalue weighted by Crippen LogP contribution is -2.17. The van der Waals surface area contributed by atoms with Crippen molar-refractivity contribution in [2.24, 2.45) is 0 Å². The van der Waals surface area contributed by atoms with Crippen molar-refractivity contribution in [3.05, 3.63) is 82.5 Å². The van der Waals surface area contributed by atoms with Gasteiger partial charge in [-0.25, -0.2) is 0 Å². The molecule has 132 valence electrons. The molecule has 0 bridgehead atoms. The third-order valence-corrected chi connectivity index (χ3v) is 5.07. The Morgan fingerprint density at radius 1 is 1.08 bits per heavy atom. The van der Waals surface area contributed by atoms with E-state index in [1.807, 2.05) is 67.5 Å². The van der Waals surface area contributed by atoms with Crippen molar-refractivity contribution in [3.8, 4) is 0 Å². The number of hydrogen-bond acceptors (Lipinski definition) is 4. The first kappa shape index (κ1) is 16.6. The molecule has 3 aromatic rings. The monoisotopic (exact) mass is 346 g/mol. The van der Waals surface area contributed by atoms with Crippen molar-refractivity contribution in [1.82, 2.24) is 5.16 Å². The summed E-state index contributed by atoms with van der Waals surface area (Å²) in [4.78, 5) is 15.1. The lowest BCUT2D eigenvalue weighted by molar-refractivity contribution is 0.103. The van der Waals surface area contributed by atoms with Gasteiger partial charge in [-0.1, -0.05) is 59.8 Å². The van der Waals surface area contributed by atoms with E-state index in [1.54, 1.807) is 0 Å². The highest BCUT2D eigenvalue weighted by Crippen LogP contribution is 2.41. The number of nitrogens with zero attached hydrogens (tertiary/aromatic N) is 2. The van der Waals surface area contributed by atoms with Crippen molar-refractivity contribution in [2.75, 3.05) is 19.0 Å². The molecule has 26 heavy (non-hydrogen) atoms. The van der Waals surface area contributed by atoms with Crippen LogP contribution in [0.25, 0.3) is 0 Å². The van der Waals surface area contributed by atoms with Gasteiger partial charge in [0.2, 0.25) is 5.88 Å². The molecule has 4 rings (SSSR count). The molecule has 2 aromatic carbocycles. The van der Waals surface area contributed by atoms with Crippen LogP contribution in [0.3, 0.4) is 0 Å². The number of fused-ring (bicyclic) bond motifs is 1. The first-order valence-electron chi connectivity index (χ1n) is 9.01. The van der Waals surface area contributed by atoms with Gasteiger partial charge in [0.05, 0.1) is 5.69 Å². The molecule has 0 saturated heterocycles. The predicted molar refractivity (Wildman–Crippen MR) is 102 cm³/mol. The Labute approximate surface area is 153 Å². The van der Waals surface area contributed by atoms with Crippen LogP contribution < -0.4 is 4.90 Å². The molecule has 1 heterocycles. The van der Waals surface area contributed by atoms with Crippen LogP contribution >= 0.6 is 0 Å². The molecule has 0 fully saturated rings. The second-order valence-corrected chi connectivity index (χ2v) is 6.97. The minimum absolute atomic E-state index is 0.0599. The molecular weight excluding hydrogens is 324 g/mol. The summed E-state index contributed by atoms with van der Waals surface area (Å²) in [6, 6.07) is 17.4. The molecule has 1 aromatic heterocycles. The standard InChI is InChI=1S/C22H22N2O2/c1-24(2)22-19-14-8-13-17(20(19)23-26-22)16-11-6-7-12-18(16)21(25)15-9-4-3-5-10-15/h3-7,9-12,17H,8,13-14H2,1-2H3. The molecule has 0 amide bonds. The van der Waals surface area contributed by atoms with Crippen LogP contribution in [0, 0.1) is 0 Å². The van der Waals surface area contributed by atoms with Crippen LogP contribution in [0.15, 0.2) is 59.1 Å². The Morgan fingerprint density at radius 2 is 1.81 bits per heavy atom. The average molecular weight is 346 g/mol. The number of anilines is 1. The Bertz CT molecular complexity index is 928. The van der Waals surface area contributed by atoms with Crippen LogP contribution in [-0.2, 0) is 6.42 Å². The van der Waals surface area contributed by atoms with E-state index in [0.29, 0.717) is 5.56 Å². The second-order valence-electron chi connectivity index (χ2n) is 6.97. The summed E-state index contributed by atoms with van der Waals surface area (Å²) in [6.07, 6.45) is 3.01. The van der Waals surface area contributed by atoms with Gasteiger partial charge >= 0.3 is 0 Å². The molecule has 4 nitrogen and oxygen atoms in total. The highest BCUT2D eigenvalue weighted by atomic mass is 16.5. The summed E-state index contributed by atoms with van der Waals surface area (Å²) in [7, 11) is 3.94. The molecule has 0 radical (unpaired) electrons. The fourth-order valence-electron chi connectivity index (χ4n) is 3.85. The first-order valence-corrected chi connectivity index (χ1v) is 9.01. The Kier molecular flexibility index (Phi) is 4.33. The molecule has 0 spiro atoms. The molecular formula is C22H22N2O2. The zero-order valence-electron chi connectivity index (χ0n) is 15.1. The van der Waals surface area contributed by atoms with Crippen molar-refractivity contribution < 1.29 is 9.32 Å².